The molecule has 1 heterocycles. The third-order valence-electron chi connectivity index (χ3n) is 9.66. The molecule has 212 valence electrons. The predicted molar refractivity (Wildman–Crippen MR) is 175 cm³/mol. The van der Waals surface area contributed by atoms with Crippen LogP contribution in [0.5, 0.6) is 0 Å². The van der Waals surface area contributed by atoms with E-state index in [4.69, 9.17) is 0 Å². The summed E-state index contributed by atoms with van der Waals surface area (Å²) in [6, 6.07) is 46.2. The fourth-order valence-electron chi connectivity index (χ4n) is 8.18. The van der Waals surface area contributed by atoms with Crippen LogP contribution in [0.3, 0.4) is 0 Å². The summed E-state index contributed by atoms with van der Waals surface area (Å²) >= 11 is 3.48. The minimum atomic E-state index is -1.40. The van der Waals surface area contributed by atoms with Crippen LogP contribution in [0.1, 0.15) is 22.3 Å². The van der Waals surface area contributed by atoms with Crippen molar-refractivity contribution >= 4 is 50.4 Å². The van der Waals surface area contributed by atoms with Gasteiger partial charge in [-0.15, -0.1) is 0 Å². The zero-order valence-electron chi connectivity index (χ0n) is 23.6. The van der Waals surface area contributed by atoms with Gasteiger partial charge in [-0.3, -0.25) is 14.4 Å². The molecule has 2 bridgehead atoms. The van der Waals surface area contributed by atoms with Gasteiger partial charge in [0, 0.05) is 4.47 Å². The number of hydrogen-bond acceptors (Lipinski definition) is 3. The van der Waals surface area contributed by atoms with Crippen molar-refractivity contribution in [3.05, 3.63) is 172 Å². The van der Waals surface area contributed by atoms with E-state index in [1.807, 2.05) is 133 Å². The van der Waals surface area contributed by atoms with Gasteiger partial charge in [0.15, 0.2) is 5.78 Å². The molecule has 1 saturated carbocycles. The fraction of sp³-hybridized carbons (Fsp3) is 0.103. The molecular formula is C39H26BrNO3. The number of Topliss-reactive ketones (excluding diaryl/α,β-unsaturated/α-hetero) is 1. The number of fused-ring (bicyclic) bond motifs is 5. The van der Waals surface area contributed by atoms with Crippen LogP contribution in [-0.2, 0) is 25.2 Å². The second-order valence-corrected chi connectivity index (χ2v) is 12.5. The van der Waals surface area contributed by atoms with Gasteiger partial charge in [-0.25, -0.2) is 4.90 Å². The lowest BCUT2D eigenvalue weighted by atomic mass is 9.59. The molecule has 2 amide bonds. The molecule has 5 aromatic carbocycles. The van der Waals surface area contributed by atoms with Crippen molar-refractivity contribution < 1.29 is 14.4 Å². The summed E-state index contributed by atoms with van der Waals surface area (Å²) in [5.74, 6) is -2.68. The van der Waals surface area contributed by atoms with E-state index in [1.165, 1.54) is 4.90 Å². The number of rotatable bonds is 5. The maximum atomic E-state index is 15.8. The number of allylic oxidation sites excluding steroid dienone is 2. The molecule has 5 heteroatoms. The molecule has 0 radical (unpaired) electrons. The number of benzene rings is 5. The molecule has 8 rings (SSSR count). The van der Waals surface area contributed by atoms with Crippen LogP contribution in [-0.4, -0.2) is 17.6 Å². The Morgan fingerprint density at radius 2 is 0.841 bits per heavy atom. The average Bonchev–Trinajstić information content (AvgIpc) is 3.59. The number of halogens is 1. The van der Waals surface area contributed by atoms with Gasteiger partial charge >= 0.3 is 0 Å². The highest BCUT2D eigenvalue weighted by atomic mass is 79.9. The first-order valence-corrected chi connectivity index (χ1v) is 15.5. The number of amides is 2. The Balaban J connectivity index is 1.55. The fourth-order valence-corrected chi connectivity index (χ4v) is 8.44. The van der Waals surface area contributed by atoms with E-state index < -0.39 is 22.7 Å². The summed E-state index contributed by atoms with van der Waals surface area (Å²) in [5, 5.41) is 0. The van der Waals surface area contributed by atoms with E-state index in [9.17, 15) is 9.59 Å². The molecule has 1 saturated heterocycles. The molecule has 0 aromatic heterocycles. The zero-order valence-corrected chi connectivity index (χ0v) is 25.1. The first kappa shape index (κ1) is 26.7. The molecule has 2 aliphatic carbocycles. The maximum Gasteiger partial charge on any atom is 0.239 e. The highest BCUT2D eigenvalue weighted by Crippen LogP contribution is 2.74. The van der Waals surface area contributed by atoms with Crippen LogP contribution >= 0.6 is 15.9 Å². The summed E-state index contributed by atoms with van der Waals surface area (Å²) < 4.78 is 0.844. The minimum absolute atomic E-state index is 0.118. The summed E-state index contributed by atoms with van der Waals surface area (Å²) in [5.41, 5.74) is 2.47. The Kier molecular flexibility index (Phi) is 5.97. The highest BCUT2D eigenvalue weighted by molar-refractivity contribution is 9.10. The number of carbonyl (C=O) groups excluding carboxylic acids is 3. The number of carbonyl (C=O) groups is 3. The SMILES string of the molecule is O=C1[C@H]2[C@H](C(=O)N1c1ccc(Br)cc1)[C@]1(c3ccccc3)C(=O)[C@]2(c2ccccc2)C(c2ccccc2)=C1c1ccccc1. The van der Waals surface area contributed by atoms with Crippen LogP contribution in [0.2, 0.25) is 0 Å². The number of hydrogen-bond donors (Lipinski definition) is 0. The smallest absolute Gasteiger partial charge is 0.239 e. The van der Waals surface area contributed by atoms with E-state index in [0.29, 0.717) is 5.69 Å². The van der Waals surface area contributed by atoms with Gasteiger partial charge in [0.1, 0.15) is 0 Å². The van der Waals surface area contributed by atoms with E-state index in [-0.39, 0.29) is 17.6 Å². The normalized spacial score (nSPS) is 25.6. The van der Waals surface area contributed by atoms with Gasteiger partial charge in [0.25, 0.3) is 0 Å². The van der Waals surface area contributed by atoms with Crippen LogP contribution in [0.4, 0.5) is 5.69 Å². The summed E-state index contributed by atoms with van der Waals surface area (Å²) in [4.78, 5) is 46.9. The minimum Gasteiger partial charge on any atom is -0.297 e. The zero-order chi connectivity index (χ0) is 30.1. The molecule has 0 spiro atoms. The van der Waals surface area contributed by atoms with E-state index in [0.717, 1.165) is 37.9 Å². The Morgan fingerprint density at radius 3 is 1.23 bits per heavy atom. The Morgan fingerprint density at radius 1 is 0.477 bits per heavy atom. The summed E-state index contributed by atoms with van der Waals surface area (Å²) in [7, 11) is 0. The number of nitrogens with zero attached hydrogens (tertiary/aromatic N) is 1. The molecule has 1 aliphatic heterocycles. The van der Waals surface area contributed by atoms with Gasteiger partial charge in [-0.1, -0.05) is 137 Å². The van der Waals surface area contributed by atoms with Crippen molar-refractivity contribution in [3.63, 3.8) is 0 Å². The molecule has 4 nitrogen and oxygen atoms in total. The van der Waals surface area contributed by atoms with Gasteiger partial charge in [0.2, 0.25) is 11.8 Å². The van der Waals surface area contributed by atoms with Crippen molar-refractivity contribution in [2.75, 3.05) is 4.90 Å². The van der Waals surface area contributed by atoms with E-state index >= 15 is 4.79 Å². The Hall–Kier alpha value is -4.87. The molecule has 4 atom stereocenters. The summed E-state index contributed by atoms with van der Waals surface area (Å²) in [6.07, 6.45) is 0. The largest absolute Gasteiger partial charge is 0.297 e. The average molecular weight is 637 g/mol. The third-order valence-corrected chi connectivity index (χ3v) is 10.2. The summed E-state index contributed by atoms with van der Waals surface area (Å²) in [6.45, 7) is 0. The predicted octanol–water partition coefficient (Wildman–Crippen LogP) is 7.64. The number of ketones is 1. The van der Waals surface area contributed by atoms with Gasteiger partial charge < -0.3 is 0 Å². The Bertz CT molecular complexity index is 1850. The van der Waals surface area contributed by atoms with Crippen LogP contribution in [0.15, 0.2) is 150 Å². The molecule has 2 fully saturated rings. The van der Waals surface area contributed by atoms with Crippen molar-refractivity contribution in [2.24, 2.45) is 11.8 Å². The Labute approximate surface area is 263 Å². The van der Waals surface area contributed by atoms with Crippen molar-refractivity contribution in [3.8, 4) is 0 Å². The lowest BCUT2D eigenvalue weighted by Crippen LogP contribution is -2.45. The molecule has 0 unspecified atom stereocenters. The molecule has 5 aromatic rings. The second kappa shape index (κ2) is 9.83. The lowest BCUT2D eigenvalue weighted by molar-refractivity contribution is -0.130. The van der Waals surface area contributed by atoms with Gasteiger partial charge in [-0.05, 0) is 57.7 Å². The number of imide groups is 1. The van der Waals surface area contributed by atoms with E-state index in [2.05, 4.69) is 15.9 Å². The molecule has 3 aliphatic rings. The lowest BCUT2D eigenvalue weighted by Gasteiger charge is -2.39. The number of anilines is 1. The first-order chi connectivity index (χ1) is 21.5. The molecule has 44 heavy (non-hydrogen) atoms. The maximum absolute atomic E-state index is 15.8. The van der Waals surface area contributed by atoms with Crippen LogP contribution in [0, 0.1) is 11.8 Å². The molecule has 0 N–H and O–H groups in total. The highest BCUT2D eigenvalue weighted by Gasteiger charge is 2.82. The molecular weight excluding hydrogens is 610 g/mol. The van der Waals surface area contributed by atoms with Crippen LogP contribution < -0.4 is 4.90 Å². The quantitative estimate of drug-likeness (QED) is 0.187. The van der Waals surface area contributed by atoms with Crippen molar-refractivity contribution in [1.82, 2.24) is 0 Å². The van der Waals surface area contributed by atoms with E-state index in [1.54, 1.807) is 12.1 Å². The topological polar surface area (TPSA) is 54.5 Å². The third kappa shape index (κ3) is 3.30. The standard InChI is InChI=1S/C39H26BrNO3/c40-29-21-23-30(24-22-29)41-35(42)33-34(36(41)43)39(28-19-11-4-12-20-28)32(26-15-7-2-8-16-26)31(25-13-5-1-6-14-25)38(33,37(39)44)27-17-9-3-10-18-27/h1-24,33-34H/t33-,34-,38-,39-/m1/s1. The van der Waals surface area contributed by atoms with Gasteiger partial charge in [0.05, 0.1) is 28.4 Å². The first-order valence-electron chi connectivity index (χ1n) is 14.7. The van der Waals surface area contributed by atoms with Crippen LogP contribution in [0.25, 0.3) is 11.1 Å². The van der Waals surface area contributed by atoms with Gasteiger partial charge in [-0.2, -0.15) is 0 Å². The monoisotopic (exact) mass is 635 g/mol. The second-order valence-electron chi connectivity index (χ2n) is 11.6. The van der Waals surface area contributed by atoms with Crippen molar-refractivity contribution in [2.45, 2.75) is 10.8 Å². The van der Waals surface area contributed by atoms with Crippen molar-refractivity contribution in [1.29, 1.82) is 0 Å².